The molecule has 0 aliphatic carbocycles. The number of hydrogen-bond donors (Lipinski definition) is 1. The Kier molecular flexibility index (Phi) is 6.65. The molecule has 2 aliphatic rings. The summed E-state index contributed by atoms with van der Waals surface area (Å²) < 4.78 is 10.2. The smallest absolute Gasteiger partial charge is 0.358 e. The maximum atomic E-state index is 12.9. The van der Waals surface area contributed by atoms with E-state index >= 15 is 0 Å². The molecule has 33 heavy (non-hydrogen) atoms. The minimum Gasteiger partial charge on any atom is -0.427 e. The Bertz CT molecular complexity index is 1000. The molecule has 0 saturated carbocycles. The summed E-state index contributed by atoms with van der Waals surface area (Å²) in [6.45, 7) is 6.01. The van der Waals surface area contributed by atoms with Gasteiger partial charge in [0.15, 0.2) is 0 Å². The zero-order chi connectivity index (χ0) is 24.7. The van der Waals surface area contributed by atoms with Crippen molar-refractivity contribution in [3.63, 3.8) is 0 Å². The summed E-state index contributed by atoms with van der Waals surface area (Å²) in [7, 11) is 3.31. The fourth-order valence-corrected chi connectivity index (χ4v) is 4.01. The van der Waals surface area contributed by atoms with Crippen LogP contribution in [0.5, 0.6) is 0 Å². The zero-order valence-electron chi connectivity index (χ0n) is 19.7. The third kappa shape index (κ3) is 4.64. The van der Waals surface area contributed by atoms with Gasteiger partial charge in [-0.15, -0.1) is 0 Å². The molecule has 0 spiro atoms. The minimum atomic E-state index is -0.858. The molecule has 1 aromatic rings. The van der Waals surface area contributed by atoms with E-state index in [2.05, 4.69) is 0 Å². The summed E-state index contributed by atoms with van der Waals surface area (Å²) in [5.74, 6) is -2.44. The molecule has 1 N–H and O–H groups in total. The molecule has 0 bridgehead atoms. The monoisotopic (exact) mass is 458 g/mol. The van der Waals surface area contributed by atoms with Crippen LogP contribution < -0.4 is 0 Å². The Hall–Kier alpha value is -3.20. The molecule has 3 atom stereocenters. The van der Waals surface area contributed by atoms with Crippen LogP contribution in [0.3, 0.4) is 0 Å². The molecule has 2 amide bonds. The van der Waals surface area contributed by atoms with Gasteiger partial charge in [0.2, 0.25) is 12.7 Å². The van der Waals surface area contributed by atoms with E-state index in [0.29, 0.717) is 23.1 Å². The number of β-lactam (4-membered cyclic amide) rings is 1. The first-order valence-corrected chi connectivity index (χ1v) is 10.7. The normalized spacial score (nSPS) is 20.7. The van der Waals surface area contributed by atoms with Gasteiger partial charge in [-0.2, -0.15) is 0 Å². The molecule has 2 heterocycles. The van der Waals surface area contributed by atoms with E-state index in [0.717, 1.165) is 0 Å². The van der Waals surface area contributed by atoms with Crippen molar-refractivity contribution in [3.8, 4) is 0 Å². The Balaban J connectivity index is 1.87. The van der Waals surface area contributed by atoms with Crippen LogP contribution in [-0.4, -0.2) is 71.7 Å². The van der Waals surface area contributed by atoms with Crippen molar-refractivity contribution in [2.45, 2.75) is 46.3 Å². The number of aliphatic hydroxyl groups is 1. The van der Waals surface area contributed by atoms with Crippen LogP contribution in [0.25, 0.3) is 5.57 Å². The van der Waals surface area contributed by atoms with Gasteiger partial charge >= 0.3 is 11.9 Å². The molecule has 3 rings (SSSR count). The molecular formula is C24H30N2O7. The number of rotatable bonds is 6. The SMILES string of the molecule is C[C@@H](O)[C@H]1C(=O)N2C(C(=O)OCOC(=O)C(C)(C)C)=C(c3ccc(C(=O)N(C)C)cc3)C[C@H]12. The quantitative estimate of drug-likeness (QED) is 0.393. The van der Waals surface area contributed by atoms with E-state index in [1.54, 1.807) is 66.1 Å². The Morgan fingerprint density at radius 1 is 1.15 bits per heavy atom. The van der Waals surface area contributed by atoms with Crippen LogP contribution in [0.2, 0.25) is 0 Å². The fourth-order valence-electron chi connectivity index (χ4n) is 4.01. The van der Waals surface area contributed by atoms with Crippen LogP contribution in [0.4, 0.5) is 0 Å². The number of fused-ring (bicyclic) bond motifs is 1. The van der Waals surface area contributed by atoms with Gasteiger partial charge in [0.25, 0.3) is 5.91 Å². The van der Waals surface area contributed by atoms with Gasteiger partial charge < -0.3 is 24.4 Å². The van der Waals surface area contributed by atoms with Crippen LogP contribution >= 0.6 is 0 Å². The second kappa shape index (κ2) is 8.97. The van der Waals surface area contributed by atoms with E-state index < -0.39 is 36.2 Å². The van der Waals surface area contributed by atoms with Gasteiger partial charge in [-0.05, 0) is 57.4 Å². The molecule has 2 aliphatic heterocycles. The summed E-state index contributed by atoms with van der Waals surface area (Å²) in [5, 5.41) is 10.0. The van der Waals surface area contributed by atoms with E-state index in [9.17, 15) is 24.3 Å². The largest absolute Gasteiger partial charge is 0.427 e. The summed E-state index contributed by atoms with van der Waals surface area (Å²) in [5.41, 5.74) is 1.05. The lowest BCUT2D eigenvalue weighted by atomic mass is 9.82. The molecule has 9 heteroatoms. The van der Waals surface area contributed by atoms with Crippen LogP contribution in [0.1, 0.15) is 50.0 Å². The number of esters is 2. The van der Waals surface area contributed by atoms with Crippen molar-refractivity contribution in [2.75, 3.05) is 20.9 Å². The van der Waals surface area contributed by atoms with Crippen molar-refractivity contribution in [2.24, 2.45) is 11.3 Å². The topological polar surface area (TPSA) is 113 Å². The van der Waals surface area contributed by atoms with Gasteiger partial charge in [-0.1, -0.05) is 12.1 Å². The van der Waals surface area contributed by atoms with E-state index in [1.165, 1.54) is 9.80 Å². The average molecular weight is 459 g/mol. The third-order valence-corrected chi connectivity index (χ3v) is 5.80. The number of carbonyl (C=O) groups is 4. The predicted octanol–water partition coefficient (Wildman–Crippen LogP) is 1.80. The number of carbonyl (C=O) groups excluding carboxylic acids is 4. The second-order valence-corrected chi connectivity index (χ2v) is 9.58. The highest BCUT2D eigenvalue weighted by Gasteiger charge is 2.57. The maximum absolute atomic E-state index is 12.9. The number of ether oxygens (including phenoxy) is 2. The highest BCUT2D eigenvalue weighted by atomic mass is 16.7. The van der Waals surface area contributed by atoms with Gasteiger partial charge in [-0.25, -0.2) is 4.79 Å². The van der Waals surface area contributed by atoms with E-state index in [4.69, 9.17) is 9.47 Å². The van der Waals surface area contributed by atoms with Crippen LogP contribution in [0, 0.1) is 11.3 Å². The van der Waals surface area contributed by atoms with Gasteiger partial charge in [0.1, 0.15) is 5.70 Å². The zero-order valence-corrected chi connectivity index (χ0v) is 19.7. The maximum Gasteiger partial charge on any atom is 0.358 e. The molecule has 1 aromatic carbocycles. The summed E-state index contributed by atoms with van der Waals surface area (Å²) >= 11 is 0. The van der Waals surface area contributed by atoms with Crippen molar-refractivity contribution in [1.29, 1.82) is 0 Å². The third-order valence-electron chi connectivity index (χ3n) is 5.80. The molecule has 0 aromatic heterocycles. The van der Waals surface area contributed by atoms with Crippen molar-refractivity contribution in [3.05, 3.63) is 41.1 Å². The average Bonchev–Trinajstić information content (AvgIpc) is 3.07. The fraction of sp³-hybridized carbons (Fsp3) is 0.500. The Morgan fingerprint density at radius 2 is 1.76 bits per heavy atom. The summed E-state index contributed by atoms with van der Waals surface area (Å²) in [4.78, 5) is 52.6. The molecule has 1 saturated heterocycles. The number of hydrogen-bond acceptors (Lipinski definition) is 7. The summed E-state index contributed by atoms with van der Waals surface area (Å²) in [6.07, 6.45) is -0.503. The number of aliphatic hydroxyl groups excluding tert-OH is 1. The molecule has 0 unspecified atom stereocenters. The van der Waals surface area contributed by atoms with Crippen molar-refractivity contribution < 1.29 is 33.8 Å². The molecule has 0 radical (unpaired) electrons. The standard InChI is InChI=1S/C24H30N2O7/c1-13(27)18-17-11-16(14-7-9-15(10-8-14)20(28)25(5)6)19(26(17)21(18)29)22(30)32-12-33-23(31)24(2,3)4/h7-10,13,17-18,27H,11-12H2,1-6H3/t13-,17-,18-/m1/s1. The lowest BCUT2D eigenvalue weighted by Crippen LogP contribution is -2.61. The predicted molar refractivity (Wildman–Crippen MR) is 118 cm³/mol. The highest BCUT2D eigenvalue weighted by molar-refractivity contribution is 6.07. The lowest BCUT2D eigenvalue weighted by Gasteiger charge is -2.44. The van der Waals surface area contributed by atoms with E-state index in [-0.39, 0.29) is 23.6 Å². The number of nitrogens with zero attached hydrogens (tertiary/aromatic N) is 2. The van der Waals surface area contributed by atoms with Crippen LogP contribution in [-0.2, 0) is 23.9 Å². The first kappa shape index (κ1) is 24.4. The van der Waals surface area contributed by atoms with Gasteiger partial charge in [-0.3, -0.25) is 14.4 Å². The van der Waals surface area contributed by atoms with Crippen LogP contribution in [0.15, 0.2) is 30.0 Å². The lowest BCUT2D eigenvalue weighted by molar-refractivity contribution is -0.175. The van der Waals surface area contributed by atoms with Crippen molar-refractivity contribution in [1.82, 2.24) is 9.80 Å². The van der Waals surface area contributed by atoms with Gasteiger partial charge in [0.05, 0.1) is 23.5 Å². The number of amides is 2. The summed E-state index contributed by atoms with van der Waals surface area (Å²) in [6, 6.07) is 6.37. The highest BCUT2D eigenvalue weighted by Crippen LogP contribution is 2.47. The second-order valence-electron chi connectivity index (χ2n) is 9.58. The Labute approximate surface area is 192 Å². The minimum absolute atomic E-state index is 0.0698. The molecular weight excluding hydrogens is 428 g/mol. The van der Waals surface area contributed by atoms with Gasteiger partial charge in [0, 0.05) is 19.7 Å². The molecule has 9 nitrogen and oxygen atoms in total. The van der Waals surface area contributed by atoms with E-state index in [1.807, 2.05) is 0 Å². The van der Waals surface area contributed by atoms with Crippen molar-refractivity contribution >= 4 is 29.3 Å². The molecule has 178 valence electrons. The number of benzene rings is 1. The molecule has 1 fully saturated rings. The Morgan fingerprint density at radius 3 is 2.27 bits per heavy atom. The first-order chi connectivity index (χ1) is 15.3. The first-order valence-electron chi connectivity index (χ1n) is 10.7.